The zero-order valence-electron chi connectivity index (χ0n) is 10.8. The maximum Gasteiger partial charge on any atom is 0.157 e. The third-order valence-electron chi connectivity index (χ3n) is 3.84. The Morgan fingerprint density at radius 3 is 2.82 bits per heavy atom. The van der Waals surface area contributed by atoms with Crippen molar-refractivity contribution in [3.8, 4) is 0 Å². The van der Waals surface area contributed by atoms with Crippen LogP contribution in [0.4, 0.5) is 0 Å². The van der Waals surface area contributed by atoms with Gasteiger partial charge in [0.05, 0.1) is 6.61 Å². The largest absolute Gasteiger partial charge is 0.353 e. The minimum Gasteiger partial charge on any atom is -0.353 e. The van der Waals surface area contributed by atoms with E-state index in [0.717, 1.165) is 32.7 Å². The topological polar surface area (TPSA) is 47.7 Å². The lowest BCUT2D eigenvalue weighted by atomic mass is 10.0. The molecule has 2 aliphatic rings. The molecule has 2 unspecified atom stereocenters. The molecule has 2 saturated heterocycles. The zero-order valence-corrected chi connectivity index (χ0v) is 10.8. The molecular formula is C13H26N2O2. The summed E-state index contributed by atoms with van der Waals surface area (Å²) in [6.45, 7) is 4.60. The molecular weight excluding hydrogens is 216 g/mol. The Balaban J connectivity index is 1.62. The molecule has 0 aromatic carbocycles. The van der Waals surface area contributed by atoms with Crippen LogP contribution in [0.1, 0.15) is 38.5 Å². The molecule has 0 aromatic rings. The van der Waals surface area contributed by atoms with E-state index in [1.165, 1.54) is 38.6 Å². The van der Waals surface area contributed by atoms with Crippen molar-refractivity contribution in [2.75, 3.05) is 32.8 Å². The highest BCUT2D eigenvalue weighted by molar-refractivity contribution is 4.77. The highest BCUT2D eigenvalue weighted by atomic mass is 16.7. The number of hydrogen-bond acceptors (Lipinski definition) is 4. The molecule has 4 nitrogen and oxygen atoms in total. The van der Waals surface area contributed by atoms with Gasteiger partial charge in [0.15, 0.2) is 6.29 Å². The van der Waals surface area contributed by atoms with Crippen LogP contribution >= 0.6 is 0 Å². The van der Waals surface area contributed by atoms with E-state index in [-0.39, 0.29) is 6.29 Å². The van der Waals surface area contributed by atoms with Gasteiger partial charge in [0, 0.05) is 25.7 Å². The first-order chi connectivity index (χ1) is 8.40. The van der Waals surface area contributed by atoms with E-state index in [9.17, 15) is 0 Å². The summed E-state index contributed by atoms with van der Waals surface area (Å²) >= 11 is 0. The van der Waals surface area contributed by atoms with E-state index in [4.69, 9.17) is 15.2 Å². The van der Waals surface area contributed by atoms with Crippen molar-refractivity contribution in [2.45, 2.75) is 50.9 Å². The molecule has 0 aliphatic carbocycles. The molecule has 2 aliphatic heterocycles. The number of rotatable bonds is 5. The second-order valence-corrected chi connectivity index (χ2v) is 5.09. The van der Waals surface area contributed by atoms with Crippen LogP contribution in [0.25, 0.3) is 0 Å². The highest BCUT2D eigenvalue weighted by Gasteiger charge is 2.21. The van der Waals surface area contributed by atoms with Crippen molar-refractivity contribution in [2.24, 2.45) is 5.73 Å². The van der Waals surface area contributed by atoms with Crippen LogP contribution in [-0.2, 0) is 9.47 Å². The molecule has 0 bridgehead atoms. The van der Waals surface area contributed by atoms with Crippen molar-refractivity contribution in [3.05, 3.63) is 0 Å². The predicted molar refractivity (Wildman–Crippen MR) is 67.8 cm³/mol. The third kappa shape index (κ3) is 4.21. The van der Waals surface area contributed by atoms with Gasteiger partial charge in [-0.05, 0) is 38.6 Å². The molecule has 0 radical (unpaired) electrons. The van der Waals surface area contributed by atoms with Gasteiger partial charge in [0.25, 0.3) is 0 Å². The van der Waals surface area contributed by atoms with Gasteiger partial charge in [-0.3, -0.25) is 4.90 Å². The average Bonchev–Trinajstić information content (AvgIpc) is 2.40. The van der Waals surface area contributed by atoms with Crippen LogP contribution in [0.3, 0.4) is 0 Å². The van der Waals surface area contributed by atoms with Crippen molar-refractivity contribution >= 4 is 0 Å². The Morgan fingerprint density at radius 2 is 2.06 bits per heavy atom. The first-order valence-electron chi connectivity index (χ1n) is 7.07. The normalized spacial score (nSPS) is 31.6. The molecule has 2 fully saturated rings. The molecule has 2 heterocycles. The maximum absolute atomic E-state index is 5.80. The van der Waals surface area contributed by atoms with Crippen LogP contribution in [0.2, 0.25) is 0 Å². The van der Waals surface area contributed by atoms with Crippen LogP contribution < -0.4 is 5.73 Å². The third-order valence-corrected chi connectivity index (χ3v) is 3.84. The lowest BCUT2D eigenvalue weighted by Gasteiger charge is -2.35. The smallest absolute Gasteiger partial charge is 0.157 e. The quantitative estimate of drug-likeness (QED) is 0.790. The summed E-state index contributed by atoms with van der Waals surface area (Å²) < 4.78 is 11.3. The molecule has 17 heavy (non-hydrogen) atoms. The molecule has 0 amide bonds. The fourth-order valence-corrected chi connectivity index (χ4v) is 2.77. The Morgan fingerprint density at radius 1 is 1.18 bits per heavy atom. The molecule has 2 rings (SSSR count). The van der Waals surface area contributed by atoms with Crippen LogP contribution in [0.15, 0.2) is 0 Å². The summed E-state index contributed by atoms with van der Waals surface area (Å²) in [5, 5.41) is 0. The van der Waals surface area contributed by atoms with Gasteiger partial charge in [-0.2, -0.15) is 0 Å². The van der Waals surface area contributed by atoms with Gasteiger partial charge in [-0.25, -0.2) is 0 Å². The summed E-state index contributed by atoms with van der Waals surface area (Å²) in [5.41, 5.74) is 5.80. The Labute approximate surface area is 104 Å². The minimum absolute atomic E-state index is 0.0462. The first kappa shape index (κ1) is 13.3. The van der Waals surface area contributed by atoms with E-state index in [1.807, 2.05) is 0 Å². The monoisotopic (exact) mass is 242 g/mol. The van der Waals surface area contributed by atoms with Gasteiger partial charge in [-0.15, -0.1) is 0 Å². The Hall–Kier alpha value is -0.160. The number of nitrogens with zero attached hydrogens (tertiary/aromatic N) is 1. The minimum atomic E-state index is 0.0462. The fourth-order valence-electron chi connectivity index (χ4n) is 2.77. The Bertz CT molecular complexity index is 208. The second kappa shape index (κ2) is 7.31. The maximum atomic E-state index is 5.80. The van der Waals surface area contributed by atoms with Gasteiger partial charge < -0.3 is 15.2 Å². The fraction of sp³-hybridized carbons (Fsp3) is 1.00. The summed E-state index contributed by atoms with van der Waals surface area (Å²) in [5.74, 6) is 0. The van der Waals surface area contributed by atoms with E-state index in [1.54, 1.807) is 0 Å². The zero-order chi connectivity index (χ0) is 11.9. The molecule has 2 N–H and O–H groups in total. The molecule has 0 aromatic heterocycles. The number of likely N-dealkylation sites (tertiary alicyclic amines) is 1. The molecule has 0 spiro atoms. The number of hydrogen-bond donors (Lipinski definition) is 1. The predicted octanol–water partition coefficient (Wildman–Crippen LogP) is 1.34. The number of piperidine rings is 1. The second-order valence-electron chi connectivity index (χ2n) is 5.09. The van der Waals surface area contributed by atoms with Crippen LogP contribution in [-0.4, -0.2) is 50.1 Å². The van der Waals surface area contributed by atoms with Crippen molar-refractivity contribution < 1.29 is 9.47 Å². The van der Waals surface area contributed by atoms with E-state index >= 15 is 0 Å². The van der Waals surface area contributed by atoms with Gasteiger partial charge >= 0.3 is 0 Å². The van der Waals surface area contributed by atoms with E-state index in [0.29, 0.717) is 6.04 Å². The standard InChI is InChI=1S/C13H26N2O2/c14-11-12-5-1-3-7-15(12)8-10-17-13-6-2-4-9-16-13/h12-13H,1-11,14H2. The lowest BCUT2D eigenvalue weighted by molar-refractivity contribution is -0.165. The average molecular weight is 242 g/mol. The summed E-state index contributed by atoms with van der Waals surface area (Å²) in [7, 11) is 0. The van der Waals surface area contributed by atoms with Crippen molar-refractivity contribution in [1.29, 1.82) is 0 Å². The summed E-state index contributed by atoms with van der Waals surface area (Å²) in [4.78, 5) is 2.48. The van der Waals surface area contributed by atoms with Gasteiger partial charge in [0.1, 0.15) is 0 Å². The molecule has 4 heteroatoms. The SMILES string of the molecule is NCC1CCCCN1CCOC1CCCCO1. The Kier molecular flexibility index (Phi) is 5.71. The van der Waals surface area contributed by atoms with Crippen molar-refractivity contribution in [3.63, 3.8) is 0 Å². The summed E-state index contributed by atoms with van der Waals surface area (Å²) in [6.07, 6.45) is 7.39. The molecule has 0 saturated carbocycles. The van der Waals surface area contributed by atoms with Gasteiger partial charge in [-0.1, -0.05) is 6.42 Å². The summed E-state index contributed by atoms with van der Waals surface area (Å²) in [6, 6.07) is 0.569. The number of ether oxygens (including phenoxy) is 2. The van der Waals surface area contributed by atoms with E-state index in [2.05, 4.69) is 4.90 Å². The first-order valence-corrected chi connectivity index (χ1v) is 7.07. The van der Waals surface area contributed by atoms with Crippen LogP contribution in [0, 0.1) is 0 Å². The molecule has 100 valence electrons. The van der Waals surface area contributed by atoms with E-state index < -0.39 is 0 Å². The molecule has 2 atom stereocenters. The highest BCUT2D eigenvalue weighted by Crippen LogP contribution is 2.17. The number of nitrogens with two attached hydrogens (primary N) is 1. The van der Waals surface area contributed by atoms with Gasteiger partial charge in [0.2, 0.25) is 0 Å². The lowest BCUT2D eigenvalue weighted by Crippen LogP contribution is -2.45. The van der Waals surface area contributed by atoms with Crippen LogP contribution in [0.5, 0.6) is 0 Å². The van der Waals surface area contributed by atoms with Crippen molar-refractivity contribution in [1.82, 2.24) is 4.90 Å².